The van der Waals surface area contributed by atoms with Crippen LogP contribution < -0.4 is 5.32 Å². The van der Waals surface area contributed by atoms with Gasteiger partial charge in [-0.1, -0.05) is 24.3 Å². The summed E-state index contributed by atoms with van der Waals surface area (Å²) in [6.45, 7) is 2.81. The number of rotatable bonds is 7. The summed E-state index contributed by atoms with van der Waals surface area (Å²) in [6.07, 6.45) is 0.0305. The van der Waals surface area contributed by atoms with E-state index in [2.05, 4.69) is 5.32 Å². The van der Waals surface area contributed by atoms with Gasteiger partial charge in [0.1, 0.15) is 0 Å². The summed E-state index contributed by atoms with van der Waals surface area (Å²) >= 11 is 0. The van der Waals surface area contributed by atoms with Crippen LogP contribution in [0.25, 0.3) is 0 Å². The number of esters is 1. The second-order valence-corrected chi connectivity index (χ2v) is 8.55. The van der Waals surface area contributed by atoms with Crippen molar-refractivity contribution in [2.75, 3.05) is 11.6 Å². The van der Waals surface area contributed by atoms with E-state index >= 15 is 0 Å². The zero-order valence-corrected chi connectivity index (χ0v) is 16.6. The Hall–Kier alpha value is -3.00. The summed E-state index contributed by atoms with van der Waals surface area (Å²) in [6, 6.07) is 12.5. The van der Waals surface area contributed by atoms with E-state index in [9.17, 15) is 22.8 Å². The Balaban J connectivity index is 2.02. The molecule has 1 N–H and O–H groups in total. The Bertz CT molecular complexity index is 996. The van der Waals surface area contributed by atoms with Crippen LogP contribution in [0.5, 0.6) is 0 Å². The molecular weight excluding hydrogens is 382 g/mol. The molecule has 0 bridgehead atoms. The molecule has 0 radical (unpaired) electrons. The maximum absolute atomic E-state index is 12.3. The number of ether oxygens (including phenoxy) is 1. The maximum atomic E-state index is 12.3. The molecule has 0 spiro atoms. The van der Waals surface area contributed by atoms with Crippen molar-refractivity contribution in [1.82, 2.24) is 0 Å². The predicted octanol–water partition coefficient (Wildman–Crippen LogP) is 2.62. The first-order valence-electron chi connectivity index (χ1n) is 8.45. The fourth-order valence-electron chi connectivity index (χ4n) is 2.46. The standard InChI is InChI=1S/C20H21NO6S/c1-13(22)17-6-4-5-7-18(17)21-19(23)14(2)27-20(24)16-10-8-15(9-11-16)12-28(3,25)26/h4-11,14H,12H2,1-3H3,(H,21,23)/t14-/m1/s1. The average molecular weight is 403 g/mol. The quantitative estimate of drug-likeness (QED) is 0.563. The molecule has 28 heavy (non-hydrogen) atoms. The summed E-state index contributed by atoms with van der Waals surface area (Å²) in [4.78, 5) is 36.1. The minimum absolute atomic E-state index is 0.128. The van der Waals surface area contributed by atoms with Gasteiger partial charge in [-0.05, 0) is 43.7 Å². The number of anilines is 1. The van der Waals surface area contributed by atoms with Gasteiger partial charge in [-0.25, -0.2) is 13.2 Å². The number of benzene rings is 2. The molecule has 0 aliphatic heterocycles. The number of carbonyl (C=O) groups excluding carboxylic acids is 3. The minimum Gasteiger partial charge on any atom is -0.449 e. The lowest BCUT2D eigenvalue weighted by Crippen LogP contribution is -2.30. The van der Waals surface area contributed by atoms with Crippen LogP contribution in [-0.2, 0) is 25.1 Å². The van der Waals surface area contributed by atoms with Crippen LogP contribution in [0.1, 0.15) is 40.1 Å². The second kappa shape index (κ2) is 8.79. The first kappa shape index (κ1) is 21.3. The molecule has 2 rings (SSSR count). The van der Waals surface area contributed by atoms with E-state index in [-0.39, 0.29) is 17.1 Å². The van der Waals surface area contributed by atoms with E-state index < -0.39 is 27.8 Å². The van der Waals surface area contributed by atoms with Gasteiger partial charge < -0.3 is 10.1 Å². The van der Waals surface area contributed by atoms with Crippen LogP contribution in [0.2, 0.25) is 0 Å². The van der Waals surface area contributed by atoms with E-state index in [4.69, 9.17) is 4.74 Å². The molecule has 0 aliphatic carbocycles. The lowest BCUT2D eigenvalue weighted by Gasteiger charge is -2.15. The Morgan fingerprint density at radius 2 is 1.64 bits per heavy atom. The van der Waals surface area contributed by atoms with Gasteiger partial charge in [0.05, 0.1) is 17.0 Å². The van der Waals surface area contributed by atoms with Crippen molar-refractivity contribution < 1.29 is 27.5 Å². The largest absolute Gasteiger partial charge is 0.449 e. The Kier molecular flexibility index (Phi) is 6.69. The molecule has 0 saturated carbocycles. The molecule has 0 fully saturated rings. The Labute approximate surface area is 163 Å². The number of hydrogen-bond donors (Lipinski definition) is 1. The van der Waals surface area contributed by atoms with E-state index in [1.54, 1.807) is 24.3 Å². The van der Waals surface area contributed by atoms with Crippen LogP contribution >= 0.6 is 0 Å². The molecule has 1 amide bonds. The van der Waals surface area contributed by atoms with Crippen LogP contribution in [0.15, 0.2) is 48.5 Å². The molecule has 148 valence electrons. The molecule has 2 aromatic rings. The van der Waals surface area contributed by atoms with Gasteiger partial charge in [0, 0.05) is 11.8 Å². The number of hydrogen-bond acceptors (Lipinski definition) is 6. The highest BCUT2D eigenvalue weighted by Crippen LogP contribution is 2.16. The molecule has 0 aliphatic rings. The zero-order valence-electron chi connectivity index (χ0n) is 15.8. The third kappa shape index (κ3) is 6.02. The van der Waals surface area contributed by atoms with Gasteiger partial charge >= 0.3 is 5.97 Å². The molecule has 0 aromatic heterocycles. The molecule has 2 aromatic carbocycles. The van der Waals surface area contributed by atoms with Crippen LogP contribution in [0.4, 0.5) is 5.69 Å². The molecule has 0 saturated heterocycles. The number of amides is 1. The van der Waals surface area contributed by atoms with E-state index in [0.29, 0.717) is 16.8 Å². The topological polar surface area (TPSA) is 107 Å². The van der Waals surface area contributed by atoms with E-state index in [1.807, 2.05) is 0 Å². The predicted molar refractivity (Wildman–Crippen MR) is 105 cm³/mol. The Morgan fingerprint density at radius 1 is 1.04 bits per heavy atom. The van der Waals surface area contributed by atoms with Gasteiger partial charge in [0.25, 0.3) is 5.91 Å². The van der Waals surface area contributed by atoms with Crippen molar-refractivity contribution in [2.24, 2.45) is 0 Å². The summed E-state index contributed by atoms with van der Waals surface area (Å²) in [5, 5.41) is 2.58. The van der Waals surface area contributed by atoms with Crippen molar-refractivity contribution in [1.29, 1.82) is 0 Å². The molecule has 0 heterocycles. The fourth-order valence-corrected chi connectivity index (χ4v) is 3.25. The highest BCUT2D eigenvalue weighted by Gasteiger charge is 2.20. The van der Waals surface area contributed by atoms with Crippen molar-refractivity contribution in [3.8, 4) is 0 Å². The van der Waals surface area contributed by atoms with Crippen molar-refractivity contribution in [3.05, 3.63) is 65.2 Å². The number of Topliss-reactive ketones (excluding diaryl/α,β-unsaturated/α-hetero) is 1. The number of para-hydroxylation sites is 1. The van der Waals surface area contributed by atoms with Gasteiger partial charge in [-0.2, -0.15) is 0 Å². The fraction of sp³-hybridized carbons (Fsp3) is 0.250. The van der Waals surface area contributed by atoms with Crippen LogP contribution in [0.3, 0.4) is 0 Å². The number of sulfone groups is 1. The van der Waals surface area contributed by atoms with Crippen molar-refractivity contribution in [3.63, 3.8) is 0 Å². The van der Waals surface area contributed by atoms with Crippen LogP contribution in [0, 0.1) is 0 Å². The number of carbonyl (C=O) groups is 3. The zero-order chi connectivity index (χ0) is 20.9. The summed E-state index contributed by atoms with van der Waals surface area (Å²) in [5.74, 6) is -1.62. The number of nitrogens with one attached hydrogen (secondary N) is 1. The molecule has 7 nitrogen and oxygen atoms in total. The highest BCUT2D eigenvalue weighted by molar-refractivity contribution is 7.89. The van der Waals surface area contributed by atoms with Gasteiger partial charge in [0.2, 0.25) is 0 Å². The van der Waals surface area contributed by atoms with Gasteiger partial charge in [-0.3, -0.25) is 9.59 Å². The van der Waals surface area contributed by atoms with E-state index in [1.165, 1.54) is 38.1 Å². The highest BCUT2D eigenvalue weighted by atomic mass is 32.2. The number of ketones is 1. The molecular formula is C20H21NO6S. The first-order chi connectivity index (χ1) is 13.1. The third-order valence-electron chi connectivity index (χ3n) is 3.84. The maximum Gasteiger partial charge on any atom is 0.338 e. The average Bonchev–Trinajstić information content (AvgIpc) is 2.61. The lowest BCUT2D eigenvalue weighted by molar-refractivity contribution is -0.123. The SMILES string of the molecule is CC(=O)c1ccccc1NC(=O)[C@@H](C)OC(=O)c1ccc(CS(C)(=O)=O)cc1. The van der Waals surface area contributed by atoms with Gasteiger partial charge in [0.15, 0.2) is 21.7 Å². The van der Waals surface area contributed by atoms with Crippen LogP contribution in [-0.4, -0.2) is 38.4 Å². The van der Waals surface area contributed by atoms with Crippen molar-refractivity contribution >= 4 is 33.2 Å². The smallest absolute Gasteiger partial charge is 0.338 e. The molecule has 0 unspecified atom stereocenters. The molecule has 8 heteroatoms. The van der Waals surface area contributed by atoms with E-state index in [0.717, 1.165) is 6.26 Å². The summed E-state index contributed by atoms with van der Waals surface area (Å²) in [5.41, 5.74) is 1.44. The molecule has 1 atom stereocenters. The van der Waals surface area contributed by atoms with Gasteiger partial charge in [-0.15, -0.1) is 0 Å². The second-order valence-electron chi connectivity index (χ2n) is 6.41. The van der Waals surface area contributed by atoms with Crippen molar-refractivity contribution in [2.45, 2.75) is 25.7 Å². The summed E-state index contributed by atoms with van der Waals surface area (Å²) in [7, 11) is -3.17. The third-order valence-corrected chi connectivity index (χ3v) is 4.69. The monoisotopic (exact) mass is 403 g/mol. The lowest BCUT2D eigenvalue weighted by atomic mass is 10.1. The minimum atomic E-state index is -3.17. The first-order valence-corrected chi connectivity index (χ1v) is 10.5. The Morgan fingerprint density at radius 3 is 2.21 bits per heavy atom. The summed E-state index contributed by atoms with van der Waals surface area (Å²) < 4.78 is 27.8. The normalized spacial score (nSPS) is 12.1.